The fraction of sp³-hybridized carbons (Fsp3) is 0. The molecule has 0 unspecified atom stereocenters. The number of rotatable bonds is 2. The quantitative estimate of drug-likeness (QED) is 0.796. The van der Waals surface area contributed by atoms with Crippen LogP contribution in [0.25, 0.3) is 0 Å². The van der Waals surface area contributed by atoms with Crippen molar-refractivity contribution in [3.05, 3.63) is 38.2 Å². The van der Waals surface area contributed by atoms with Gasteiger partial charge in [0.1, 0.15) is 0 Å². The standard InChI is InChI=1S/C9H5BrIN3O2/c10-6-1-5(2-7(11)3-6)8(15)13-9-14-12-4-16-9/h1-4H,(H,13,14,15). The molecule has 1 N–H and O–H groups in total. The molecule has 0 aliphatic heterocycles. The lowest BCUT2D eigenvalue weighted by Crippen LogP contribution is -2.12. The highest BCUT2D eigenvalue weighted by molar-refractivity contribution is 14.1. The second-order valence-electron chi connectivity index (χ2n) is 2.86. The molecule has 0 saturated carbocycles. The molecule has 0 aliphatic carbocycles. The summed E-state index contributed by atoms with van der Waals surface area (Å²) in [5.41, 5.74) is 0.525. The molecule has 0 spiro atoms. The molecule has 0 atom stereocenters. The molecular formula is C9H5BrIN3O2. The highest BCUT2D eigenvalue weighted by Crippen LogP contribution is 2.18. The summed E-state index contributed by atoms with van der Waals surface area (Å²) < 4.78 is 6.62. The van der Waals surface area contributed by atoms with Crippen LogP contribution >= 0.6 is 38.5 Å². The van der Waals surface area contributed by atoms with E-state index >= 15 is 0 Å². The van der Waals surface area contributed by atoms with E-state index in [1.807, 2.05) is 6.07 Å². The molecule has 16 heavy (non-hydrogen) atoms. The maximum atomic E-state index is 11.8. The van der Waals surface area contributed by atoms with Crippen LogP contribution in [0.1, 0.15) is 10.4 Å². The molecule has 0 radical (unpaired) electrons. The van der Waals surface area contributed by atoms with Gasteiger partial charge in [0.15, 0.2) is 0 Å². The number of halogens is 2. The van der Waals surface area contributed by atoms with E-state index in [2.05, 4.69) is 54.0 Å². The van der Waals surface area contributed by atoms with Gasteiger partial charge in [-0.1, -0.05) is 21.0 Å². The molecule has 2 rings (SSSR count). The Labute approximate surface area is 113 Å². The number of nitrogens with one attached hydrogen (secondary N) is 1. The molecule has 1 heterocycles. The van der Waals surface area contributed by atoms with Gasteiger partial charge in [0, 0.05) is 13.6 Å². The van der Waals surface area contributed by atoms with Gasteiger partial charge in [0.05, 0.1) is 0 Å². The van der Waals surface area contributed by atoms with Crippen LogP contribution < -0.4 is 5.32 Å². The lowest BCUT2D eigenvalue weighted by Gasteiger charge is -2.02. The highest BCUT2D eigenvalue weighted by Gasteiger charge is 2.10. The van der Waals surface area contributed by atoms with Gasteiger partial charge in [-0.15, -0.1) is 5.10 Å². The van der Waals surface area contributed by atoms with Gasteiger partial charge in [-0.2, -0.15) is 0 Å². The number of nitrogens with zero attached hydrogens (tertiary/aromatic N) is 2. The monoisotopic (exact) mass is 393 g/mol. The maximum Gasteiger partial charge on any atom is 0.322 e. The SMILES string of the molecule is O=C(Nc1nnco1)c1cc(Br)cc(I)c1. The second-order valence-corrected chi connectivity index (χ2v) is 5.02. The van der Waals surface area contributed by atoms with Crippen LogP contribution in [0.5, 0.6) is 0 Å². The number of benzene rings is 1. The molecule has 0 aliphatic rings. The van der Waals surface area contributed by atoms with Crippen LogP contribution in [0.4, 0.5) is 6.01 Å². The Morgan fingerprint density at radius 3 is 2.88 bits per heavy atom. The zero-order valence-electron chi connectivity index (χ0n) is 7.78. The fourth-order valence-electron chi connectivity index (χ4n) is 1.08. The number of hydrogen-bond acceptors (Lipinski definition) is 4. The molecule has 0 bridgehead atoms. The minimum Gasteiger partial charge on any atom is -0.411 e. The zero-order valence-corrected chi connectivity index (χ0v) is 11.5. The smallest absolute Gasteiger partial charge is 0.322 e. The van der Waals surface area contributed by atoms with E-state index in [1.165, 1.54) is 0 Å². The first-order valence-corrected chi connectivity index (χ1v) is 6.06. The van der Waals surface area contributed by atoms with E-state index in [1.54, 1.807) is 12.1 Å². The van der Waals surface area contributed by atoms with Gasteiger partial charge in [-0.3, -0.25) is 10.1 Å². The predicted octanol–water partition coefficient (Wildman–Crippen LogP) is 2.69. The van der Waals surface area contributed by atoms with Crippen molar-refractivity contribution in [1.29, 1.82) is 0 Å². The van der Waals surface area contributed by atoms with Crippen LogP contribution in [0.3, 0.4) is 0 Å². The van der Waals surface area contributed by atoms with Gasteiger partial charge in [0.2, 0.25) is 6.39 Å². The molecule has 5 nitrogen and oxygen atoms in total. The summed E-state index contributed by atoms with van der Waals surface area (Å²) in [5.74, 6) is -0.288. The zero-order chi connectivity index (χ0) is 11.5. The topological polar surface area (TPSA) is 68.0 Å². The Bertz CT molecular complexity index is 495. The highest BCUT2D eigenvalue weighted by atomic mass is 127. The van der Waals surface area contributed by atoms with Crippen molar-refractivity contribution in [3.8, 4) is 0 Å². The third-order valence-electron chi connectivity index (χ3n) is 1.71. The van der Waals surface area contributed by atoms with E-state index in [0.29, 0.717) is 5.56 Å². The second kappa shape index (κ2) is 4.91. The van der Waals surface area contributed by atoms with Crippen molar-refractivity contribution in [2.45, 2.75) is 0 Å². The third kappa shape index (κ3) is 2.79. The van der Waals surface area contributed by atoms with Crippen LogP contribution in [0.2, 0.25) is 0 Å². The minimum absolute atomic E-state index is 0.0833. The summed E-state index contributed by atoms with van der Waals surface area (Å²) in [5, 5.41) is 9.52. The molecule has 1 amide bonds. The fourth-order valence-corrected chi connectivity index (χ4v) is 2.67. The number of aromatic nitrogens is 2. The largest absolute Gasteiger partial charge is 0.411 e. The Balaban J connectivity index is 2.21. The van der Waals surface area contributed by atoms with Crippen LogP contribution in [-0.2, 0) is 0 Å². The third-order valence-corrected chi connectivity index (χ3v) is 2.79. The van der Waals surface area contributed by atoms with E-state index in [0.717, 1.165) is 14.4 Å². The van der Waals surface area contributed by atoms with Crippen LogP contribution in [0, 0.1) is 3.57 Å². The first-order chi connectivity index (χ1) is 7.65. The van der Waals surface area contributed by atoms with E-state index in [9.17, 15) is 4.79 Å². The maximum absolute atomic E-state index is 11.8. The van der Waals surface area contributed by atoms with Crippen LogP contribution in [0.15, 0.2) is 33.5 Å². The first-order valence-electron chi connectivity index (χ1n) is 4.19. The van der Waals surface area contributed by atoms with Crippen molar-refractivity contribution < 1.29 is 9.21 Å². The normalized spacial score (nSPS) is 10.1. The van der Waals surface area contributed by atoms with E-state index < -0.39 is 0 Å². The number of amides is 1. The summed E-state index contributed by atoms with van der Waals surface area (Å²) in [6.07, 6.45) is 1.15. The number of carbonyl (C=O) groups is 1. The number of anilines is 1. The van der Waals surface area contributed by atoms with Crippen molar-refractivity contribution in [2.24, 2.45) is 0 Å². The van der Waals surface area contributed by atoms with Gasteiger partial charge in [-0.05, 0) is 40.8 Å². The van der Waals surface area contributed by atoms with Crippen molar-refractivity contribution in [2.75, 3.05) is 5.32 Å². The lowest BCUT2D eigenvalue weighted by atomic mass is 10.2. The Kier molecular flexibility index (Phi) is 3.54. The van der Waals surface area contributed by atoms with Crippen molar-refractivity contribution in [3.63, 3.8) is 0 Å². The van der Waals surface area contributed by atoms with Gasteiger partial charge >= 0.3 is 6.01 Å². The summed E-state index contributed by atoms with van der Waals surface area (Å²) in [7, 11) is 0. The van der Waals surface area contributed by atoms with Gasteiger partial charge in [0.25, 0.3) is 5.91 Å². The summed E-state index contributed by atoms with van der Waals surface area (Å²) >= 11 is 5.46. The molecule has 1 aromatic carbocycles. The lowest BCUT2D eigenvalue weighted by molar-refractivity contribution is 0.102. The van der Waals surface area contributed by atoms with Crippen LogP contribution in [-0.4, -0.2) is 16.1 Å². The number of hydrogen-bond donors (Lipinski definition) is 1. The minimum atomic E-state index is -0.288. The molecule has 2 aromatic rings. The molecule has 0 saturated heterocycles. The van der Waals surface area contributed by atoms with Crippen molar-refractivity contribution in [1.82, 2.24) is 10.2 Å². The first kappa shape index (κ1) is 11.5. The van der Waals surface area contributed by atoms with E-state index in [-0.39, 0.29) is 11.9 Å². The molecule has 82 valence electrons. The average Bonchev–Trinajstić information content (AvgIpc) is 2.68. The molecule has 7 heteroatoms. The van der Waals surface area contributed by atoms with Crippen molar-refractivity contribution >= 4 is 50.4 Å². The summed E-state index contributed by atoms with van der Waals surface area (Å²) in [6, 6.07) is 5.47. The molecule has 0 fully saturated rings. The van der Waals surface area contributed by atoms with Gasteiger partial charge < -0.3 is 4.42 Å². The summed E-state index contributed by atoms with van der Waals surface area (Å²) in [6.45, 7) is 0. The Hall–Kier alpha value is -0.960. The Morgan fingerprint density at radius 2 is 2.25 bits per heavy atom. The molecular weight excluding hydrogens is 389 g/mol. The van der Waals surface area contributed by atoms with Gasteiger partial charge in [-0.25, -0.2) is 0 Å². The molecule has 1 aromatic heterocycles. The summed E-state index contributed by atoms with van der Waals surface area (Å²) in [4.78, 5) is 11.8. The van der Waals surface area contributed by atoms with E-state index in [4.69, 9.17) is 4.42 Å². The number of carbonyl (C=O) groups excluding carboxylic acids is 1. The Morgan fingerprint density at radius 1 is 1.44 bits per heavy atom. The predicted molar refractivity (Wildman–Crippen MR) is 69.1 cm³/mol. The average molecular weight is 394 g/mol.